The van der Waals surface area contributed by atoms with Gasteiger partial charge in [0.2, 0.25) is 5.91 Å². The number of anilines is 1. The lowest BCUT2D eigenvalue weighted by atomic mass is 9.91. The number of ether oxygens (including phenoxy) is 2. The number of urea groups is 1. The van der Waals surface area contributed by atoms with Gasteiger partial charge in [0.15, 0.2) is 11.5 Å². The zero-order valence-electron chi connectivity index (χ0n) is 16.1. The lowest BCUT2D eigenvalue weighted by Crippen LogP contribution is -2.42. The zero-order valence-corrected chi connectivity index (χ0v) is 17.7. The molecule has 0 saturated carbocycles. The van der Waals surface area contributed by atoms with Gasteiger partial charge in [0.1, 0.15) is 12.1 Å². The molecule has 9 heteroatoms. The van der Waals surface area contributed by atoms with E-state index in [4.69, 9.17) is 9.47 Å². The topological polar surface area (TPSA) is 97.0 Å². The Morgan fingerprint density at radius 3 is 2.52 bits per heavy atom. The van der Waals surface area contributed by atoms with Crippen molar-refractivity contribution in [2.45, 2.75) is 12.5 Å². The Labute approximate surface area is 176 Å². The molecular formula is C20H20BrN3O5. The number of nitrogens with zero attached hydrogens (tertiary/aromatic N) is 1. The van der Waals surface area contributed by atoms with Gasteiger partial charge >= 0.3 is 6.03 Å². The summed E-state index contributed by atoms with van der Waals surface area (Å²) in [5.74, 6) is -0.0803. The molecular weight excluding hydrogens is 442 g/mol. The van der Waals surface area contributed by atoms with E-state index in [-0.39, 0.29) is 0 Å². The van der Waals surface area contributed by atoms with Crippen LogP contribution in [-0.4, -0.2) is 43.5 Å². The maximum absolute atomic E-state index is 13.0. The Balaban J connectivity index is 1.79. The van der Waals surface area contributed by atoms with Crippen LogP contribution in [0.4, 0.5) is 10.5 Å². The first kappa shape index (κ1) is 20.7. The van der Waals surface area contributed by atoms with Gasteiger partial charge in [0.25, 0.3) is 5.91 Å². The Kier molecular flexibility index (Phi) is 5.78. The van der Waals surface area contributed by atoms with Crippen molar-refractivity contribution in [3.8, 4) is 11.5 Å². The predicted octanol–water partition coefficient (Wildman–Crippen LogP) is 2.87. The van der Waals surface area contributed by atoms with Gasteiger partial charge < -0.3 is 20.1 Å². The molecule has 0 bridgehead atoms. The minimum Gasteiger partial charge on any atom is -0.493 e. The first-order valence-electron chi connectivity index (χ1n) is 8.70. The lowest BCUT2D eigenvalue weighted by molar-refractivity contribution is -0.133. The maximum atomic E-state index is 13.0. The van der Waals surface area contributed by atoms with E-state index in [2.05, 4.69) is 26.6 Å². The highest BCUT2D eigenvalue weighted by Gasteiger charge is 2.49. The number of imide groups is 1. The number of halogens is 1. The third kappa shape index (κ3) is 4.04. The van der Waals surface area contributed by atoms with E-state index in [1.54, 1.807) is 43.3 Å². The van der Waals surface area contributed by atoms with Crippen LogP contribution in [-0.2, 0) is 15.1 Å². The van der Waals surface area contributed by atoms with Gasteiger partial charge in [-0.05, 0) is 42.8 Å². The van der Waals surface area contributed by atoms with Crippen LogP contribution in [0, 0.1) is 0 Å². The molecule has 1 heterocycles. The monoisotopic (exact) mass is 461 g/mol. The first-order chi connectivity index (χ1) is 13.8. The lowest BCUT2D eigenvalue weighted by Gasteiger charge is -2.23. The summed E-state index contributed by atoms with van der Waals surface area (Å²) in [7, 11) is 2.99. The predicted molar refractivity (Wildman–Crippen MR) is 110 cm³/mol. The molecule has 152 valence electrons. The van der Waals surface area contributed by atoms with Crippen molar-refractivity contribution in [1.29, 1.82) is 0 Å². The van der Waals surface area contributed by atoms with Crippen LogP contribution in [0.2, 0.25) is 0 Å². The van der Waals surface area contributed by atoms with Crippen molar-refractivity contribution in [1.82, 2.24) is 10.2 Å². The first-order valence-corrected chi connectivity index (χ1v) is 9.50. The summed E-state index contributed by atoms with van der Waals surface area (Å²) in [6, 6.07) is 11.3. The molecule has 0 aromatic heterocycles. The van der Waals surface area contributed by atoms with E-state index in [1.165, 1.54) is 14.2 Å². The standard InChI is InChI=1S/C20H20BrN3O5/c1-20(12-7-8-15(28-2)16(9-12)29-3)18(26)24(19(27)23-20)11-17(25)22-14-6-4-5-13(21)10-14/h4-10H,11H2,1-3H3,(H,22,25)(H,23,27)/t20-/m0/s1. The molecule has 1 fully saturated rings. The smallest absolute Gasteiger partial charge is 0.325 e. The molecule has 2 aromatic rings. The molecule has 0 radical (unpaired) electrons. The molecule has 1 atom stereocenters. The normalized spacial score (nSPS) is 18.4. The average molecular weight is 462 g/mol. The molecule has 29 heavy (non-hydrogen) atoms. The largest absolute Gasteiger partial charge is 0.493 e. The summed E-state index contributed by atoms with van der Waals surface area (Å²) < 4.78 is 11.3. The van der Waals surface area contributed by atoms with Crippen molar-refractivity contribution >= 4 is 39.5 Å². The molecule has 1 aliphatic heterocycles. The second-order valence-electron chi connectivity index (χ2n) is 6.57. The summed E-state index contributed by atoms with van der Waals surface area (Å²) in [6.07, 6.45) is 0. The average Bonchev–Trinajstić information content (AvgIpc) is 2.91. The molecule has 4 amide bonds. The Morgan fingerprint density at radius 2 is 1.86 bits per heavy atom. The SMILES string of the molecule is COc1ccc([C@]2(C)NC(=O)N(CC(=O)Nc3cccc(Br)c3)C2=O)cc1OC. The van der Waals surface area contributed by atoms with Crippen LogP contribution in [0.3, 0.4) is 0 Å². The van der Waals surface area contributed by atoms with Gasteiger partial charge in [0.05, 0.1) is 14.2 Å². The summed E-state index contributed by atoms with van der Waals surface area (Å²) in [4.78, 5) is 38.7. The van der Waals surface area contributed by atoms with Gasteiger partial charge in [-0.3, -0.25) is 14.5 Å². The van der Waals surface area contributed by atoms with E-state index >= 15 is 0 Å². The number of carbonyl (C=O) groups excluding carboxylic acids is 3. The van der Waals surface area contributed by atoms with Crippen LogP contribution < -0.4 is 20.1 Å². The Bertz CT molecular complexity index is 980. The summed E-state index contributed by atoms with van der Waals surface area (Å²) in [6.45, 7) is 1.18. The number of rotatable bonds is 6. The van der Waals surface area contributed by atoms with Crippen molar-refractivity contribution in [2.75, 3.05) is 26.1 Å². The molecule has 8 nitrogen and oxygen atoms in total. The zero-order chi connectivity index (χ0) is 21.2. The van der Waals surface area contributed by atoms with E-state index in [9.17, 15) is 14.4 Å². The minimum atomic E-state index is -1.33. The number of amides is 4. The molecule has 1 saturated heterocycles. The van der Waals surface area contributed by atoms with Crippen LogP contribution in [0.25, 0.3) is 0 Å². The van der Waals surface area contributed by atoms with Gasteiger partial charge in [-0.15, -0.1) is 0 Å². The molecule has 0 unspecified atom stereocenters. The van der Waals surface area contributed by atoms with E-state index in [0.29, 0.717) is 22.7 Å². The van der Waals surface area contributed by atoms with Gasteiger partial charge in [-0.2, -0.15) is 0 Å². The van der Waals surface area contributed by atoms with E-state index in [1.807, 2.05) is 6.07 Å². The fourth-order valence-corrected chi connectivity index (χ4v) is 3.49. The number of benzene rings is 2. The summed E-state index contributed by atoms with van der Waals surface area (Å²) in [5, 5.41) is 5.34. The van der Waals surface area contributed by atoms with Crippen molar-refractivity contribution in [3.63, 3.8) is 0 Å². The number of carbonyl (C=O) groups is 3. The van der Waals surface area contributed by atoms with Crippen molar-refractivity contribution in [2.24, 2.45) is 0 Å². The van der Waals surface area contributed by atoms with Crippen molar-refractivity contribution in [3.05, 3.63) is 52.5 Å². The fourth-order valence-electron chi connectivity index (χ4n) is 3.09. The molecule has 1 aliphatic rings. The number of hydrogen-bond donors (Lipinski definition) is 2. The number of nitrogens with one attached hydrogen (secondary N) is 2. The van der Waals surface area contributed by atoms with Gasteiger partial charge in [-0.1, -0.05) is 28.1 Å². The second-order valence-corrected chi connectivity index (χ2v) is 7.49. The third-order valence-corrected chi connectivity index (χ3v) is 5.14. The molecule has 2 N–H and O–H groups in total. The Morgan fingerprint density at radius 1 is 1.14 bits per heavy atom. The van der Waals surface area contributed by atoms with Crippen LogP contribution in [0.15, 0.2) is 46.9 Å². The number of hydrogen-bond acceptors (Lipinski definition) is 5. The summed E-state index contributed by atoms with van der Waals surface area (Å²) in [5.41, 5.74) is -0.255. The Hall–Kier alpha value is -3.07. The van der Waals surface area contributed by atoms with Crippen LogP contribution >= 0.6 is 15.9 Å². The van der Waals surface area contributed by atoms with Crippen LogP contribution in [0.5, 0.6) is 11.5 Å². The van der Waals surface area contributed by atoms with Crippen LogP contribution in [0.1, 0.15) is 12.5 Å². The second kappa shape index (κ2) is 8.12. The van der Waals surface area contributed by atoms with E-state index in [0.717, 1.165) is 9.37 Å². The molecule has 0 spiro atoms. The van der Waals surface area contributed by atoms with Gasteiger partial charge in [-0.25, -0.2) is 4.79 Å². The van der Waals surface area contributed by atoms with E-state index < -0.39 is 29.9 Å². The highest BCUT2D eigenvalue weighted by Crippen LogP contribution is 2.35. The fraction of sp³-hybridized carbons (Fsp3) is 0.250. The van der Waals surface area contributed by atoms with Gasteiger partial charge in [0, 0.05) is 10.2 Å². The minimum absolute atomic E-state index is 0.403. The molecule has 2 aromatic carbocycles. The maximum Gasteiger partial charge on any atom is 0.325 e. The number of methoxy groups -OCH3 is 2. The molecule has 3 rings (SSSR count). The highest BCUT2D eigenvalue weighted by atomic mass is 79.9. The van der Waals surface area contributed by atoms with Crippen molar-refractivity contribution < 1.29 is 23.9 Å². The molecule has 0 aliphatic carbocycles. The highest BCUT2D eigenvalue weighted by molar-refractivity contribution is 9.10. The summed E-state index contributed by atoms with van der Waals surface area (Å²) >= 11 is 3.32. The quantitative estimate of drug-likeness (QED) is 0.644. The third-order valence-electron chi connectivity index (χ3n) is 4.65.